The van der Waals surface area contributed by atoms with Crippen molar-refractivity contribution >= 4 is 23.2 Å². The minimum atomic E-state index is -1.01. The van der Waals surface area contributed by atoms with E-state index in [2.05, 4.69) is 47.6 Å². The van der Waals surface area contributed by atoms with Gasteiger partial charge in [0.15, 0.2) is 0 Å². The summed E-state index contributed by atoms with van der Waals surface area (Å²) in [6, 6.07) is 11.8. The van der Waals surface area contributed by atoms with Gasteiger partial charge in [-0.2, -0.15) is 0 Å². The predicted octanol–water partition coefficient (Wildman–Crippen LogP) is 5.39. The lowest BCUT2D eigenvalue weighted by molar-refractivity contribution is -0.135. The molecule has 0 radical (unpaired) electrons. The first-order chi connectivity index (χ1) is 14.3. The molecule has 0 aliphatic heterocycles. The Morgan fingerprint density at radius 3 is 1.90 bits per heavy atom. The van der Waals surface area contributed by atoms with Crippen LogP contribution in [0.15, 0.2) is 36.4 Å². The van der Waals surface area contributed by atoms with Crippen molar-refractivity contribution in [1.82, 2.24) is 0 Å². The molecule has 0 fully saturated rings. The summed E-state index contributed by atoms with van der Waals surface area (Å²) in [7, 11) is 0. The van der Waals surface area contributed by atoms with Gasteiger partial charge in [-0.1, -0.05) is 66.7 Å². The quantitative estimate of drug-likeness (QED) is 0.654. The van der Waals surface area contributed by atoms with Crippen LogP contribution in [0.3, 0.4) is 0 Å². The summed E-state index contributed by atoms with van der Waals surface area (Å²) in [5, 5.41) is 0. The smallest absolute Gasteiger partial charge is 0.320 e. The second-order valence-electron chi connectivity index (χ2n) is 9.82. The number of anilines is 2. The Bertz CT molecular complexity index is 966. The van der Waals surface area contributed by atoms with Crippen LogP contribution in [0.2, 0.25) is 0 Å². The Kier molecular flexibility index (Phi) is 7.20. The van der Waals surface area contributed by atoms with Crippen molar-refractivity contribution in [3.8, 4) is 5.75 Å². The average molecular weight is 425 g/mol. The topological polar surface area (TPSA) is 72.6 Å². The molecule has 2 rings (SSSR count). The van der Waals surface area contributed by atoms with E-state index >= 15 is 0 Å². The average Bonchev–Trinajstić information content (AvgIpc) is 2.67. The van der Waals surface area contributed by atoms with Gasteiger partial charge in [-0.3, -0.25) is 14.5 Å². The standard InChI is InChI=1S/C26H36N2O3/c1-9-17-15-18(25(3,4)5)11-13-20(17)28(24(30)23(27)29)21-16-19(26(6,7)8)12-14-22(21)31-10-2/h11-16H,9-10H2,1-8H3,(H2,27,29). The van der Waals surface area contributed by atoms with Crippen molar-refractivity contribution in [3.05, 3.63) is 53.1 Å². The fourth-order valence-corrected chi connectivity index (χ4v) is 3.45. The van der Waals surface area contributed by atoms with Crippen molar-refractivity contribution < 1.29 is 14.3 Å². The van der Waals surface area contributed by atoms with Crippen LogP contribution in [0.5, 0.6) is 5.75 Å². The fraction of sp³-hybridized carbons (Fsp3) is 0.462. The number of nitrogens with two attached hydrogens (primary N) is 1. The number of nitrogens with zero attached hydrogens (tertiary/aromatic N) is 1. The zero-order valence-electron chi connectivity index (χ0n) is 20.1. The molecule has 2 N–H and O–H groups in total. The lowest BCUT2D eigenvalue weighted by atomic mass is 9.85. The molecule has 0 saturated carbocycles. The minimum absolute atomic E-state index is 0.0381. The van der Waals surface area contributed by atoms with Crippen LogP contribution in [-0.4, -0.2) is 18.4 Å². The molecule has 0 bridgehead atoms. The largest absolute Gasteiger partial charge is 0.492 e. The molecule has 2 aromatic rings. The van der Waals surface area contributed by atoms with Crippen LogP contribution >= 0.6 is 0 Å². The number of benzene rings is 2. The van der Waals surface area contributed by atoms with Crippen LogP contribution in [0.4, 0.5) is 11.4 Å². The molecule has 5 heteroatoms. The molecule has 2 aromatic carbocycles. The van der Waals surface area contributed by atoms with Gasteiger partial charge in [0.1, 0.15) is 5.75 Å². The number of aryl methyl sites for hydroxylation is 1. The molecule has 31 heavy (non-hydrogen) atoms. The SMILES string of the molecule is CCOc1ccc(C(C)(C)C)cc1N(C(=O)C(N)=O)c1ccc(C(C)(C)C)cc1CC. The van der Waals surface area contributed by atoms with E-state index in [1.165, 1.54) is 4.90 Å². The van der Waals surface area contributed by atoms with Gasteiger partial charge < -0.3 is 10.5 Å². The molecule has 0 spiro atoms. The number of carbonyl (C=O) groups excluding carboxylic acids is 2. The third-order valence-electron chi connectivity index (χ3n) is 5.35. The Hall–Kier alpha value is -2.82. The molecule has 0 saturated heterocycles. The number of hydrogen-bond acceptors (Lipinski definition) is 3. The first kappa shape index (κ1) is 24.4. The van der Waals surface area contributed by atoms with E-state index in [-0.39, 0.29) is 10.8 Å². The molecule has 0 atom stereocenters. The van der Waals surface area contributed by atoms with Gasteiger partial charge in [-0.05, 0) is 59.1 Å². The van der Waals surface area contributed by atoms with Crippen molar-refractivity contribution in [2.24, 2.45) is 5.73 Å². The summed E-state index contributed by atoms with van der Waals surface area (Å²) >= 11 is 0. The predicted molar refractivity (Wildman–Crippen MR) is 127 cm³/mol. The minimum Gasteiger partial charge on any atom is -0.492 e. The van der Waals surface area contributed by atoms with E-state index in [1.807, 2.05) is 44.2 Å². The van der Waals surface area contributed by atoms with Crippen LogP contribution in [0.1, 0.15) is 72.1 Å². The third-order valence-corrected chi connectivity index (χ3v) is 5.35. The molecule has 0 unspecified atom stereocenters. The molecule has 5 nitrogen and oxygen atoms in total. The molecule has 168 valence electrons. The van der Waals surface area contributed by atoms with E-state index in [0.717, 1.165) is 16.7 Å². The van der Waals surface area contributed by atoms with Gasteiger partial charge in [-0.25, -0.2) is 0 Å². The van der Waals surface area contributed by atoms with E-state index < -0.39 is 11.8 Å². The third kappa shape index (κ3) is 5.46. The highest BCUT2D eigenvalue weighted by atomic mass is 16.5. The van der Waals surface area contributed by atoms with Gasteiger partial charge in [0.05, 0.1) is 18.0 Å². The molecule has 0 aliphatic rings. The molecule has 0 aliphatic carbocycles. The van der Waals surface area contributed by atoms with Gasteiger partial charge >= 0.3 is 11.8 Å². The maximum Gasteiger partial charge on any atom is 0.320 e. The summed E-state index contributed by atoms with van der Waals surface area (Å²) in [5.41, 5.74) is 9.61. The molecule has 0 heterocycles. The Balaban J connectivity index is 2.83. The van der Waals surface area contributed by atoms with E-state index in [0.29, 0.717) is 30.2 Å². The Morgan fingerprint density at radius 1 is 0.871 bits per heavy atom. The van der Waals surface area contributed by atoms with Gasteiger partial charge in [0.25, 0.3) is 0 Å². The fourth-order valence-electron chi connectivity index (χ4n) is 3.45. The highest BCUT2D eigenvalue weighted by Gasteiger charge is 2.29. The van der Waals surface area contributed by atoms with Gasteiger partial charge in [-0.15, -0.1) is 0 Å². The normalized spacial score (nSPS) is 11.9. The van der Waals surface area contributed by atoms with Crippen LogP contribution < -0.4 is 15.4 Å². The number of hydrogen-bond donors (Lipinski definition) is 1. The first-order valence-electron chi connectivity index (χ1n) is 10.9. The zero-order valence-corrected chi connectivity index (χ0v) is 20.1. The van der Waals surface area contributed by atoms with E-state index in [9.17, 15) is 9.59 Å². The number of ether oxygens (including phenoxy) is 1. The van der Waals surface area contributed by atoms with E-state index in [1.54, 1.807) is 0 Å². The lowest BCUT2D eigenvalue weighted by Crippen LogP contribution is -2.38. The maximum atomic E-state index is 13.1. The number of rotatable bonds is 5. The van der Waals surface area contributed by atoms with Gasteiger partial charge in [0.2, 0.25) is 0 Å². The van der Waals surface area contributed by atoms with Crippen molar-refractivity contribution in [2.45, 2.75) is 72.6 Å². The Morgan fingerprint density at radius 2 is 1.42 bits per heavy atom. The maximum absolute atomic E-state index is 13.1. The Labute approximate surface area is 186 Å². The number of amides is 2. The van der Waals surface area contributed by atoms with Crippen LogP contribution in [0.25, 0.3) is 0 Å². The van der Waals surface area contributed by atoms with Crippen molar-refractivity contribution in [2.75, 3.05) is 11.5 Å². The monoisotopic (exact) mass is 424 g/mol. The van der Waals surface area contributed by atoms with Crippen LogP contribution in [0, 0.1) is 0 Å². The summed E-state index contributed by atoms with van der Waals surface area (Å²) < 4.78 is 5.84. The lowest BCUT2D eigenvalue weighted by Gasteiger charge is -2.29. The van der Waals surface area contributed by atoms with E-state index in [4.69, 9.17) is 10.5 Å². The number of carbonyl (C=O) groups is 2. The first-order valence-corrected chi connectivity index (χ1v) is 10.9. The van der Waals surface area contributed by atoms with Crippen molar-refractivity contribution in [3.63, 3.8) is 0 Å². The van der Waals surface area contributed by atoms with Crippen molar-refractivity contribution in [1.29, 1.82) is 0 Å². The van der Waals surface area contributed by atoms with Crippen LogP contribution in [-0.2, 0) is 26.8 Å². The number of primary amides is 1. The van der Waals surface area contributed by atoms with Gasteiger partial charge in [0, 0.05) is 0 Å². The second-order valence-corrected chi connectivity index (χ2v) is 9.82. The zero-order chi connectivity index (χ0) is 23.6. The highest BCUT2D eigenvalue weighted by Crippen LogP contribution is 2.40. The molecular weight excluding hydrogens is 388 g/mol. The summed E-state index contributed by atoms with van der Waals surface area (Å²) in [6.07, 6.45) is 0.699. The molecular formula is C26H36N2O3. The summed E-state index contributed by atoms with van der Waals surface area (Å²) in [5.74, 6) is -1.26. The molecule has 0 aromatic heterocycles. The highest BCUT2D eigenvalue weighted by molar-refractivity contribution is 6.41. The summed E-state index contributed by atoms with van der Waals surface area (Å²) in [6.45, 7) is 17.1. The second kappa shape index (κ2) is 9.13. The molecule has 2 amide bonds. The summed E-state index contributed by atoms with van der Waals surface area (Å²) in [4.78, 5) is 26.6.